The molecule has 0 aliphatic carbocycles. The minimum atomic E-state index is -0.168. The van der Waals surface area contributed by atoms with Gasteiger partial charge in [-0.3, -0.25) is 9.59 Å². The fourth-order valence-electron chi connectivity index (χ4n) is 3.60. The second kappa shape index (κ2) is 8.01. The van der Waals surface area contributed by atoms with Gasteiger partial charge in [0.2, 0.25) is 11.8 Å². The lowest BCUT2D eigenvalue weighted by Gasteiger charge is -2.26. The maximum atomic E-state index is 12.9. The molecule has 2 amide bonds. The van der Waals surface area contributed by atoms with Crippen molar-refractivity contribution in [3.05, 3.63) is 53.1 Å². The van der Waals surface area contributed by atoms with E-state index in [9.17, 15) is 9.59 Å². The number of fused-ring (bicyclic) bond motifs is 1. The minimum Gasteiger partial charge on any atom is -0.495 e. The van der Waals surface area contributed by atoms with Gasteiger partial charge in [0, 0.05) is 36.6 Å². The van der Waals surface area contributed by atoms with E-state index in [2.05, 4.69) is 6.07 Å². The van der Waals surface area contributed by atoms with Crippen LogP contribution in [-0.4, -0.2) is 31.5 Å². The topological polar surface area (TPSA) is 49.9 Å². The molecule has 27 heavy (non-hydrogen) atoms. The van der Waals surface area contributed by atoms with Gasteiger partial charge in [-0.2, -0.15) is 0 Å². The second-order valence-corrected chi connectivity index (χ2v) is 7.12. The van der Waals surface area contributed by atoms with E-state index < -0.39 is 0 Å². The number of amides is 2. The lowest BCUT2D eigenvalue weighted by atomic mass is 10.1. The molecule has 0 spiro atoms. The highest BCUT2D eigenvalue weighted by Gasteiger charge is 2.30. The molecule has 0 aromatic heterocycles. The summed E-state index contributed by atoms with van der Waals surface area (Å²) in [6.07, 6.45) is 1.06. The summed E-state index contributed by atoms with van der Waals surface area (Å²) < 4.78 is 5.35. The number of hydrogen-bond donors (Lipinski definition) is 0. The average Bonchev–Trinajstić information content (AvgIpc) is 2.97. The molecule has 2 aromatic carbocycles. The first kappa shape index (κ1) is 19.2. The highest BCUT2D eigenvalue weighted by Crippen LogP contribution is 2.34. The summed E-state index contributed by atoms with van der Waals surface area (Å²) in [7, 11) is 1.54. The Morgan fingerprint density at radius 1 is 1.26 bits per heavy atom. The number of carbonyl (C=O) groups excluding carboxylic acids is 2. The van der Waals surface area contributed by atoms with Crippen LogP contribution in [0, 0.1) is 0 Å². The summed E-state index contributed by atoms with van der Waals surface area (Å²) in [5.41, 5.74) is 2.71. The first-order valence-electron chi connectivity index (χ1n) is 8.94. The van der Waals surface area contributed by atoms with Crippen molar-refractivity contribution in [1.82, 2.24) is 0 Å². The Balaban J connectivity index is 1.79. The van der Waals surface area contributed by atoms with Crippen molar-refractivity contribution >= 4 is 34.8 Å². The van der Waals surface area contributed by atoms with Crippen molar-refractivity contribution in [1.29, 1.82) is 0 Å². The number of rotatable bonds is 5. The van der Waals surface area contributed by atoms with Crippen molar-refractivity contribution in [3.63, 3.8) is 0 Å². The smallest absolute Gasteiger partial charge is 0.229 e. The highest BCUT2D eigenvalue weighted by atomic mass is 35.5. The van der Waals surface area contributed by atoms with Gasteiger partial charge in [-0.15, -0.1) is 0 Å². The van der Waals surface area contributed by atoms with E-state index in [0.717, 1.165) is 12.1 Å². The van der Waals surface area contributed by atoms with Gasteiger partial charge in [-0.25, -0.2) is 0 Å². The van der Waals surface area contributed by atoms with E-state index in [-0.39, 0.29) is 30.8 Å². The molecule has 0 saturated heterocycles. The normalized spacial score (nSPS) is 15.4. The van der Waals surface area contributed by atoms with Crippen LogP contribution in [0.4, 0.5) is 11.4 Å². The van der Waals surface area contributed by atoms with Crippen LogP contribution >= 0.6 is 11.6 Å². The summed E-state index contributed by atoms with van der Waals surface area (Å²) in [4.78, 5) is 28.5. The molecule has 1 unspecified atom stereocenters. The lowest BCUT2D eigenvalue weighted by Crippen LogP contribution is -2.39. The summed E-state index contributed by atoms with van der Waals surface area (Å²) in [6, 6.07) is 13.2. The predicted octanol–water partition coefficient (Wildman–Crippen LogP) is 4.07. The standard InChI is InChI=1S/C21H23ClN2O3/c1-14-12-16-6-4-5-7-18(16)24(14)21(26)10-11-23(15(2)25)19-13-17(22)8-9-20(19)27-3/h4-9,13-14H,10-12H2,1-3H3. The van der Waals surface area contributed by atoms with Gasteiger partial charge in [-0.05, 0) is 43.2 Å². The summed E-state index contributed by atoms with van der Waals surface area (Å²) >= 11 is 6.10. The maximum Gasteiger partial charge on any atom is 0.229 e. The second-order valence-electron chi connectivity index (χ2n) is 6.68. The third-order valence-electron chi connectivity index (χ3n) is 4.84. The van der Waals surface area contributed by atoms with Gasteiger partial charge in [0.05, 0.1) is 12.8 Å². The number of hydrogen-bond acceptors (Lipinski definition) is 3. The molecule has 0 radical (unpaired) electrons. The maximum absolute atomic E-state index is 12.9. The fraction of sp³-hybridized carbons (Fsp3) is 0.333. The van der Waals surface area contributed by atoms with Gasteiger partial charge in [0.25, 0.3) is 0 Å². The van der Waals surface area contributed by atoms with Gasteiger partial charge in [0.15, 0.2) is 0 Å². The van der Waals surface area contributed by atoms with Crippen molar-refractivity contribution in [2.24, 2.45) is 0 Å². The zero-order valence-corrected chi connectivity index (χ0v) is 16.5. The lowest BCUT2D eigenvalue weighted by molar-refractivity contribution is -0.119. The van der Waals surface area contributed by atoms with E-state index in [1.807, 2.05) is 30.0 Å². The molecule has 3 rings (SSSR count). The summed E-state index contributed by atoms with van der Waals surface area (Å²) in [5.74, 6) is 0.375. The summed E-state index contributed by atoms with van der Waals surface area (Å²) in [6.45, 7) is 3.77. The molecule has 0 fully saturated rings. The van der Waals surface area contributed by atoms with Crippen molar-refractivity contribution in [2.45, 2.75) is 32.7 Å². The molecule has 6 heteroatoms. The molecule has 1 atom stereocenters. The number of para-hydroxylation sites is 1. The Morgan fingerprint density at radius 3 is 2.70 bits per heavy atom. The Bertz CT molecular complexity index is 868. The van der Waals surface area contributed by atoms with Crippen LogP contribution in [0.25, 0.3) is 0 Å². The van der Waals surface area contributed by atoms with Crippen LogP contribution in [-0.2, 0) is 16.0 Å². The Kier molecular flexibility index (Phi) is 5.71. The number of benzene rings is 2. The number of halogens is 1. The summed E-state index contributed by atoms with van der Waals surface area (Å²) in [5, 5.41) is 0.505. The number of nitrogens with zero attached hydrogens (tertiary/aromatic N) is 2. The van der Waals surface area contributed by atoms with Crippen LogP contribution in [0.15, 0.2) is 42.5 Å². The van der Waals surface area contributed by atoms with Crippen LogP contribution in [0.3, 0.4) is 0 Å². The quantitative estimate of drug-likeness (QED) is 0.778. The SMILES string of the molecule is COc1ccc(Cl)cc1N(CCC(=O)N1c2ccccc2CC1C)C(C)=O. The number of carbonyl (C=O) groups is 2. The minimum absolute atomic E-state index is 0.000283. The van der Waals surface area contributed by atoms with E-state index in [1.165, 1.54) is 17.4 Å². The Labute approximate surface area is 164 Å². The van der Waals surface area contributed by atoms with Crippen LogP contribution in [0.5, 0.6) is 5.75 Å². The van der Waals surface area contributed by atoms with Gasteiger partial charge in [0.1, 0.15) is 5.75 Å². The van der Waals surface area contributed by atoms with E-state index in [4.69, 9.17) is 16.3 Å². The van der Waals surface area contributed by atoms with Crippen LogP contribution in [0.1, 0.15) is 25.8 Å². The van der Waals surface area contributed by atoms with Gasteiger partial charge in [-0.1, -0.05) is 29.8 Å². The molecule has 1 heterocycles. The van der Waals surface area contributed by atoms with Gasteiger partial charge < -0.3 is 14.5 Å². The van der Waals surface area contributed by atoms with E-state index >= 15 is 0 Å². The van der Waals surface area contributed by atoms with Crippen molar-refractivity contribution < 1.29 is 14.3 Å². The van der Waals surface area contributed by atoms with Crippen molar-refractivity contribution in [3.8, 4) is 5.75 Å². The molecule has 5 nitrogen and oxygen atoms in total. The van der Waals surface area contributed by atoms with E-state index in [1.54, 1.807) is 25.3 Å². The predicted molar refractivity (Wildman–Crippen MR) is 108 cm³/mol. The molecule has 142 valence electrons. The van der Waals surface area contributed by atoms with Crippen molar-refractivity contribution in [2.75, 3.05) is 23.5 Å². The molecule has 2 aromatic rings. The first-order chi connectivity index (χ1) is 12.9. The van der Waals surface area contributed by atoms with E-state index in [0.29, 0.717) is 16.5 Å². The number of ether oxygens (including phenoxy) is 1. The largest absolute Gasteiger partial charge is 0.495 e. The molecule has 1 aliphatic rings. The zero-order valence-electron chi connectivity index (χ0n) is 15.7. The Morgan fingerprint density at radius 2 is 2.00 bits per heavy atom. The monoisotopic (exact) mass is 386 g/mol. The highest BCUT2D eigenvalue weighted by molar-refractivity contribution is 6.31. The molecule has 0 bridgehead atoms. The third kappa shape index (κ3) is 3.93. The molecule has 0 saturated carbocycles. The number of anilines is 2. The number of methoxy groups -OCH3 is 1. The third-order valence-corrected chi connectivity index (χ3v) is 5.07. The van der Waals surface area contributed by atoms with Crippen LogP contribution < -0.4 is 14.5 Å². The first-order valence-corrected chi connectivity index (χ1v) is 9.31. The van der Waals surface area contributed by atoms with Crippen LogP contribution in [0.2, 0.25) is 5.02 Å². The molecule has 0 N–H and O–H groups in total. The molecular formula is C21H23ClN2O3. The molecular weight excluding hydrogens is 364 g/mol. The van der Waals surface area contributed by atoms with Gasteiger partial charge >= 0.3 is 0 Å². The molecule has 1 aliphatic heterocycles. The zero-order chi connectivity index (χ0) is 19.6. The fourth-order valence-corrected chi connectivity index (χ4v) is 3.76. The Hall–Kier alpha value is -2.53. The average molecular weight is 387 g/mol.